The van der Waals surface area contributed by atoms with Gasteiger partial charge in [0.15, 0.2) is 5.78 Å². The lowest BCUT2D eigenvalue weighted by Gasteiger charge is -2.21. The SMILES string of the molecule is CC(=O)c1ccc2c(-c3ccc4c5c(ccnc35)CCO4)c(CCO)c(C)cc2n1.CC(C)(C)O. The first kappa shape index (κ1) is 24.8. The summed E-state index contributed by atoms with van der Waals surface area (Å²) in [6, 6.07) is 11.8. The fraction of sp³-hybridized carbons (Fsp3) is 0.345. The molecule has 0 saturated heterocycles. The minimum atomic E-state index is -0.500. The number of fused-ring (bicyclic) bond motifs is 1. The standard InChI is InChI=1S/C25H22N2O3.C4H10O/c1-14-13-21-18(3-5-20(27-21)15(2)29)24(17(14)8-11-28)19-4-6-22-23-16(9-12-30-22)7-10-26-25(19)23;1-4(2,3)5/h3-7,10,13,28H,8-9,11-12H2,1-2H3;5H,1-3H3. The number of hydrogen-bond donors (Lipinski definition) is 2. The van der Waals surface area contributed by atoms with Crippen LogP contribution in [0.1, 0.15) is 54.9 Å². The van der Waals surface area contributed by atoms with Crippen molar-refractivity contribution < 1.29 is 19.7 Å². The van der Waals surface area contributed by atoms with E-state index in [1.165, 1.54) is 12.5 Å². The number of benzene rings is 2. The predicted molar refractivity (Wildman–Crippen MR) is 139 cm³/mol. The Kier molecular flexibility index (Phi) is 6.88. The molecule has 4 aromatic rings. The van der Waals surface area contributed by atoms with Gasteiger partial charge in [0, 0.05) is 42.5 Å². The molecule has 35 heavy (non-hydrogen) atoms. The third-order valence-corrected chi connectivity index (χ3v) is 5.89. The van der Waals surface area contributed by atoms with Gasteiger partial charge in [0.1, 0.15) is 11.4 Å². The van der Waals surface area contributed by atoms with Crippen LogP contribution in [0.3, 0.4) is 0 Å². The summed E-state index contributed by atoms with van der Waals surface area (Å²) in [5.74, 6) is 0.802. The van der Waals surface area contributed by atoms with E-state index in [0.29, 0.717) is 18.7 Å². The quantitative estimate of drug-likeness (QED) is 0.396. The number of nitrogens with zero attached hydrogens (tertiary/aromatic N) is 2. The summed E-state index contributed by atoms with van der Waals surface area (Å²) in [5.41, 5.74) is 6.98. The summed E-state index contributed by atoms with van der Waals surface area (Å²) in [6.07, 6.45) is 3.24. The molecular formula is C29H32N2O4. The molecule has 1 aliphatic rings. The van der Waals surface area contributed by atoms with Crippen molar-refractivity contribution in [3.05, 3.63) is 65.0 Å². The lowest BCUT2D eigenvalue weighted by molar-refractivity contribution is 0.100. The van der Waals surface area contributed by atoms with Gasteiger partial charge in [0.05, 0.1) is 23.2 Å². The van der Waals surface area contributed by atoms with Crippen molar-refractivity contribution in [3.63, 3.8) is 0 Å². The van der Waals surface area contributed by atoms with Crippen LogP contribution in [0.25, 0.3) is 32.9 Å². The average molecular weight is 473 g/mol. The first-order valence-corrected chi connectivity index (χ1v) is 11.9. The summed E-state index contributed by atoms with van der Waals surface area (Å²) in [7, 11) is 0. The van der Waals surface area contributed by atoms with Crippen molar-refractivity contribution in [3.8, 4) is 16.9 Å². The lowest BCUT2D eigenvalue weighted by atomic mass is 9.88. The number of aromatic nitrogens is 2. The molecule has 6 nitrogen and oxygen atoms in total. The van der Waals surface area contributed by atoms with Crippen molar-refractivity contribution >= 4 is 27.6 Å². The van der Waals surface area contributed by atoms with E-state index >= 15 is 0 Å². The minimum absolute atomic E-state index is 0.0517. The fourth-order valence-electron chi connectivity index (χ4n) is 4.49. The molecule has 5 rings (SSSR count). The molecule has 0 aliphatic carbocycles. The molecule has 1 aliphatic heterocycles. The Bertz CT molecular complexity index is 1400. The van der Waals surface area contributed by atoms with Gasteiger partial charge in [0.25, 0.3) is 0 Å². The number of aliphatic hydroxyl groups is 2. The van der Waals surface area contributed by atoms with Crippen molar-refractivity contribution in [1.29, 1.82) is 0 Å². The number of rotatable bonds is 4. The van der Waals surface area contributed by atoms with E-state index in [2.05, 4.69) is 11.1 Å². The first-order chi connectivity index (χ1) is 16.6. The number of aryl methyl sites for hydroxylation is 1. The molecule has 0 fully saturated rings. The maximum Gasteiger partial charge on any atom is 0.178 e. The largest absolute Gasteiger partial charge is 0.493 e. The Hall–Kier alpha value is -3.35. The van der Waals surface area contributed by atoms with Gasteiger partial charge in [-0.2, -0.15) is 0 Å². The van der Waals surface area contributed by atoms with E-state index in [-0.39, 0.29) is 12.4 Å². The zero-order chi connectivity index (χ0) is 25.3. The smallest absolute Gasteiger partial charge is 0.178 e. The Labute approximate surface area is 205 Å². The second-order valence-electron chi connectivity index (χ2n) is 9.91. The van der Waals surface area contributed by atoms with Gasteiger partial charge in [-0.15, -0.1) is 0 Å². The number of ketones is 1. The molecule has 3 heterocycles. The minimum Gasteiger partial charge on any atom is -0.493 e. The van der Waals surface area contributed by atoms with Crippen LogP contribution in [0.15, 0.2) is 42.6 Å². The van der Waals surface area contributed by atoms with Crippen molar-refractivity contribution in [2.75, 3.05) is 13.2 Å². The second kappa shape index (κ2) is 9.72. The van der Waals surface area contributed by atoms with Gasteiger partial charge in [0.2, 0.25) is 0 Å². The molecule has 2 N–H and O–H groups in total. The Balaban J connectivity index is 0.000000527. The van der Waals surface area contributed by atoms with Crippen LogP contribution in [-0.2, 0) is 12.8 Å². The van der Waals surface area contributed by atoms with Gasteiger partial charge in [-0.3, -0.25) is 9.78 Å². The number of aliphatic hydroxyl groups excluding tert-OH is 1. The Morgan fingerprint density at radius 3 is 2.57 bits per heavy atom. The monoisotopic (exact) mass is 472 g/mol. The maximum atomic E-state index is 11.9. The second-order valence-corrected chi connectivity index (χ2v) is 9.91. The summed E-state index contributed by atoms with van der Waals surface area (Å²) in [6.45, 7) is 9.51. The van der Waals surface area contributed by atoms with Crippen LogP contribution < -0.4 is 4.74 Å². The Morgan fingerprint density at radius 2 is 1.89 bits per heavy atom. The normalized spacial score (nSPS) is 12.8. The molecule has 0 bridgehead atoms. The van der Waals surface area contributed by atoms with E-state index in [9.17, 15) is 9.90 Å². The number of ether oxygens (including phenoxy) is 1. The molecule has 2 aromatic carbocycles. The van der Waals surface area contributed by atoms with E-state index < -0.39 is 5.60 Å². The number of pyridine rings is 2. The molecular weight excluding hydrogens is 440 g/mol. The van der Waals surface area contributed by atoms with Gasteiger partial charge in [-0.25, -0.2) is 4.98 Å². The molecule has 0 saturated carbocycles. The zero-order valence-electron chi connectivity index (χ0n) is 21.0. The van der Waals surface area contributed by atoms with Crippen LogP contribution in [0.5, 0.6) is 5.75 Å². The predicted octanol–water partition coefficient (Wildman–Crippen LogP) is 5.21. The van der Waals surface area contributed by atoms with Crippen LogP contribution in [0, 0.1) is 6.92 Å². The zero-order valence-corrected chi connectivity index (χ0v) is 21.0. The third kappa shape index (κ3) is 5.19. The molecule has 6 heteroatoms. The van der Waals surface area contributed by atoms with Crippen LogP contribution in [0.2, 0.25) is 0 Å². The molecule has 182 valence electrons. The van der Waals surface area contributed by atoms with Gasteiger partial charge in [-0.1, -0.05) is 0 Å². The Morgan fingerprint density at radius 1 is 1.14 bits per heavy atom. The van der Waals surface area contributed by atoms with Gasteiger partial charge >= 0.3 is 0 Å². The lowest BCUT2D eigenvalue weighted by Crippen LogP contribution is -2.10. The number of carbonyl (C=O) groups excluding carboxylic acids is 1. The van der Waals surface area contributed by atoms with E-state index in [0.717, 1.165) is 56.2 Å². The van der Waals surface area contributed by atoms with Crippen molar-refractivity contribution in [2.24, 2.45) is 0 Å². The molecule has 0 atom stereocenters. The highest BCUT2D eigenvalue weighted by atomic mass is 16.5. The summed E-state index contributed by atoms with van der Waals surface area (Å²) in [5, 5.41) is 20.3. The first-order valence-electron chi connectivity index (χ1n) is 11.9. The van der Waals surface area contributed by atoms with E-state index in [1.54, 1.807) is 26.8 Å². The fourth-order valence-corrected chi connectivity index (χ4v) is 4.49. The topological polar surface area (TPSA) is 92.5 Å². The molecule has 0 amide bonds. The highest BCUT2D eigenvalue weighted by Crippen LogP contribution is 2.42. The van der Waals surface area contributed by atoms with Crippen LogP contribution in [0.4, 0.5) is 0 Å². The van der Waals surface area contributed by atoms with E-state index in [1.807, 2.05) is 37.4 Å². The molecule has 0 radical (unpaired) electrons. The molecule has 2 aromatic heterocycles. The van der Waals surface area contributed by atoms with Gasteiger partial charge < -0.3 is 14.9 Å². The third-order valence-electron chi connectivity index (χ3n) is 5.89. The number of hydrogen-bond acceptors (Lipinski definition) is 6. The maximum absolute atomic E-state index is 11.9. The number of Topliss-reactive ketones (excluding diaryl/α,β-unsaturated/α-hetero) is 1. The summed E-state index contributed by atoms with van der Waals surface area (Å²) in [4.78, 5) is 21.2. The highest BCUT2D eigenvalue weighted by Gasteiger charge is 2.21. The van der Waals surface area contributed by atoms with Crippen LogP contribution >= 0.6 is 0 Å². The van der Waals surface area contributed by atoms with Crippen molar-refractivity contribution in [2.45, 2.75) is 53.1 Å². The van der Waals surface area contributed by atoms with E-state index in [4.69, 9.17) is 14.8 Å². The highest BCUT2D eigenvalue weighted by molar-refractivity contribution is 6.08. The molecule has 0 unspecified atom stereocenters. The van der Waals surface area contributed by atoms with Crippen LogP contribution in [-0.4, -0.2) is 44.8 Å². The molecule has 0 spiro atoms. The summed E-state index contributed by atoms with van der Waals surface area (Å²) < 4.78 is 5.89. The number of carbonyl (C=O) groups is 1. The van der Waals surface area contributed by atoms with Gasteiger partial charge in [-0.05, 0) is 92.8 Å². The summed E-state index contributed by atoms with van der Waals surface area (Å²) >= 11 is 0. The average Bonchev–Trinajstić information content (AvgIpc) is 2.79. The van der Waals surface area contributed by atoms with Crippen molar-refractivity contribution in [1.82, 2.24) is 9.97 Å².